The molecule has 3 aromatic carbocycles. The van der Waals surface area contributed by atoms with Gasteiger partial charge < -0.3 is 0 Å². The van der Waals surface area contributed by atoms with Crippen LogP contribution in [0.15, 0.2) is 78.9 Å². The van der Waals surface area contributed by atoms with Crippen molar-refractivity contribution in [1.29, 1.82) is 0 Å². The van der Waals surface area contributed by atoms with Gasteiger partial charge in [0.1, 0.15) is 0 Å². The molecule has 0 fully saturated rings. The average Bonchev–Trinajstić information content (AvgIpc) is 2.60. The Hall–Kier alpha value is -2.00. The van der Waals surface area contributed by atoms with E-state index in [1.54, 1.807) is 24.3 Å². The van der Waals surface area contributed by atoms with Crippen LogP contribution in [0.3, 0.4) is 0 Å². The first-order valence-electron chi connectivity index (χ1n) is 7.50. The Morgan fingerprint density at radius 1 is 0.625 bits per heavy atom. The van der Waals surface area contributed by atoms with Gasteiger partial charge in [-0.2, -0.15) is 0 Å². The Bertz CT molecular complexity index is 742. The van der Waals surface area contributed by atoms with Crippen molar-refractivity contribution in [2.24, 2.45) is 0 Å². The molecule has 122 valence electrons. The number of hydrogen-bond donors (Lipinski definition) is 0. The molecule has 0 radical (unpaired) electrons. The van der Waals surface area contributed by atoms with Crippen molar-refractivity contribution < 1.29 is 35.6 Å². The molecule has 0 aliphatic heterocycles. The van der Waals surface area contributed by atoms with Crippen LogP contribution < -0.4 is 8.90 Å². The summed E-state index contributed by atoms with van der Waals surface area (Å²) in [7, 11) is 0. The van der Waals surface area contributed by atoms with Gasteiger partial charge in [-0.15, -0.1) is 0 Å². The first-order chi connectivity index (χ1) is 11.5. The van der Waals surface area contributed by atoms with E-state index in [0.717, 1.165) is 3.27 Å². The zero-order chi connectivity index (χ0) is 17.0. The summed E-state index contributed by atoms with van der Waals surface area (Å²) >= 11 is -3.77. The van der Waals surface area contributed by atoms with Crippen LogP contribution in [-0.2, 0) is 21.1 Å². The number of halogens is 2. The van der Waals surface area contributed by atoms with Crippen LogP contribution in [0.2, 0.25) is 4.63 Å². The zero-order valence-corrected chi connectivity index (χ0v) is 15.5. The topological polar surface area (TPSA) is 18.5 Å². The van der Waals surface area contributed by atoms with Crippen LogP contribution in [0.1, 0.15) is 0 Å². The van der Waals surface area contributed by atoms with Gasteiger partial charge in [0.15, 0.2) is 0 Å². The van der Waals surface area contributed by atoms with Gasteiger partial charge >= 0.3 is 145 Å². The predicted molar refractivity (Wildman–Crippen MR) is 86.0 cm³/mol. The van der Waals surface area contributed by atoms with Crippen molar-refractivity contribution in [2.45, 2.75) is 4.63 Å². The van der Waals surface area contributed by atoms with Gasteiger partial charge in [-0.3, -0.25) is 0 Å². The second kappa shape index (κ2) is 7.27. The summed E-state index contributed by atoms with van der Waals surface area (Å²) in [5.41, 5.74) is 0. The van der Waals surface area contributed by atoms with E-state index in [2.05, 4.69) is 0 Å². The third-order valence-corrected chi connectivity index (χ3v) is 10.0. The molecular formula is C19H16F2O2Zr. The van der Waals surface area contributed by atoms with Gasteiger partial charge in [0.2, 0.25) is 0 Å². The molecule has 0 amide bonds. The maximum absolute atomic E-state index is 13.1. The fraction of sp³-hybridized carbons (Fsp3) is 0.0526. The summed E-state index contributed by atoms with van der Waals surface area (Å²) in [4.78, 5) is 0. The fourth-order valence-corrected chi connectivity index (χ4v) is 7.86. The van der Waals surface area contributed by atoms with E-state index in [9.17, 15) is 8.78 Å². The first-order valence-corrected chi connectivity index (χ1v) is 13.2. The van der Waals surface area contributed by atoms with Crippen LogP contribution in [0, 0.1) is 11.6 Å². The van der Waals surface area contributed by atoms with E-state index in [4.69, 9.17) is 5.63 Å². The van der Waals surface area contributed by atoms with Crippen LogP contribution in [0.25, 0.3) is 0 Å². The molecule has 0 saturated carbocycles. The first kappa shape index (κ1) is 16.8. The molecule has 0 aromatic heterocycles. The molecule has 5 heteroatoms. The van der Waals surface area contributed by atoms with Gasteiger partial charge in [-0.05, 0) is 0 Å². The van der Waals surface area contributed by atoms with Crippen molar-refractivity contribution in [2.75, 3.05) is 0 Å². The van der Waals surface area contributed by atoms with Crippen molar-refractivity contribution >= 4 is 3.27 Å². The molecule has 0 N–H and O–H groups in total. The quantitative estimate of drug-likeness (QED) is 0.608. The minimum absolute atomic E-state index is 0.321. The summed E-state index contributed by atoms with van der Waals surface area (Å²) in [5.74, 6) is 0.471. The second-order valence-corrected chi connectivity index (χ2v) is 12.5. The van der Waals surface area contributed by atoms with Crippen LogP contribution >= 0.6 is 0 Å². The molecule has 0 atom stereocenters. The van der Waals surface area contributed by atoms with Crippen LogP contribution in [0.4, 0.5) is 8.78 Å². The summed E-state index contributed by atoms with van der Waals surface area (Å²) in [5, 5.41) is 0. The van der Waals surface area contributed by atoms with Gasteiger partial charge in [0.25, 0.3) is 0 Å². The van der Waals surface area contributed by atoms with Crippen molar-refractivity contribution in [3.05, 3.63) is 90.5 Å². The van der Waals surface area contributed by atoms with Gasteiger partial charge in [0.05, 0.1) is 0 Å². The van der Waals surface area contributed by atoms with Crippen LogP contribution in [0.5, 0.6) is 11.5 Å². The van der Waals surface area contributed by atoms with Crippen LogP contribution in [-0.4, -0.2) is 0 Å². The van der Waals surface area contributed by atoms with E-state index in [1.165, 1.54) is 24.3 Å². The van der Waals surface area contributed by atoms with E-state index in [-0.39, 0.29) is 11.6 Å². The molecule has 0 saturated heterocycles. The molecule has 3 rings (SSSR count). The maximum atomic E-state index is 13.1. The minimum atomic E-state index is -3.77. The second-order valence-electron chi connectivity index (χ2n) is 5.42. The fourth-order valence-electron chi connectivity index (χ4n) is 2.33. The van der Waals surface area contributed by atoms with Crippen molar-refractivity contribution in [3.63, 3.8) is 0 Å². The Kier molecular flexibility index (Phi) is 5.10. The van der Waals surface area contributed by atoms with E-state index in [1.807, 2.05) is 35.0 Å². The predicted octanol–water partition coefficient (Wildman–Crippen LogP) is 4.78. The molecule has 0 heterocycles. The van der Waals surface area contributed by atoms with Gasteiger partial charge in [-0.25, -0.2) is 0 Å². The summed E-state index contributed by atoms with van der Waals surface area (Å²) in [6.45, 7) is 0. The normalized spacial score (nSPS) is 11.1. The monoisotopic (exact) mass is 404 g/mol. The number of rotatable bonds is 5. The van der Waals surface area contributed by atoms with E-state index >= 15 is 0 Å². The molecule has 2 nitrogen and oxygen atoms in total. The molecule has 3 aromatic rings. The third kappa shape index (κ3) is 4.09. The molecular weight excluding hydrogens is 389 g/mol. The number of benzene rings is 3. The molecule has 0 aliphatic rings. The van der Waals surface area contributed by atoms with Gasteiger partial charge in [-0.1, -0.05) is 0 Å². The molecule has 0 unspecified atom stereocenters. The SMILES string of the molecule is [CH3][Zr]([O]c1ccc(F)cc1)([O]c1ccc(F)cc1)[c]1ccccc1. The van der Waals surface area contributed by atoms with Crippen molar-refractivity contribution in [3.8, 4) is 11.5 Å². The molecule has 24 heavy (non-hydrogen) atoms. The van der Waals surface area contributed by atoms with E-state index < -0.39 is 21.1 Å². The standard InChI is InChI=1S/2C6H5FO.C6H5.CH3.Zr/c2*7-5-1-3-6(8)4-2-5;1-2-4-6-5-3-1;;/h2*1-4,8H;1-5H;1H3;/q;;;;+2/p-2. The molecule has 0 aliphatic carbocycles. The number of hydrogen-bond acceptors (Lipinski definition) is 2. The van der Waals surface area contributed by atoms with Gasteiger partial charge in [0, 0.05) is 0 Å². The Balaban J connectivity index is 1.94. The Morgan fingerprint density at radius 3 is 1.46 bits per heavy atom. The Labute approximate surface area is 145 Å². The average molecular weight is 406 g/mol. The molecule has 0 spiro atoms. The third-order valence-electron chi connectivity index (χ3n) is 3.55. The van der Waals surface area contributed by atoms with E-state index in [0.29, 0.717) is 11.5 Å². The summed E-state index contributed by atoms with van der Waals surface area (Å²) < 4.78 is 41.6. The summed E-state index contributed by atoms with van der Waals surface area (Å²) in [6.07, 6.45) is 0. The molecule has 0 bridgehead atoms. The summed E-state index contributed by atoms with van der Waals surface area (Å²) in [6, 6.07) is 21.4. The zero-order valence-electron chi connectivity index (χ0n) is 13.1. The Morgan fingerprint density at radius 2 is 1.04 bits per heavy atom. The van der Waals surface area contributed by atoms with Crippen molar-refractivity contribution in [1.82, 2.24) is 0 Å².